The van der Waals surface area contributed by atoms with Crippen LogP contribution in [0.1, 0.15) is 128 Å². The molecule has 0 radical (unpaired) electrons. The molecular weight excluding hydrogens is 864 g/mol. The van der Waals surface area contributed by atoms with E-state index in [-0.39, 0.29) is 33.9 Å². The standard InChI is InChI=1S/C66H59BN2S/c1-62(2,3)36-24-26-37(27-25-36)69-53-33-47-41(38-18-12-15-21-45(38)65(47,8)9)30-43(53)58-59-60-56(57-40-20-14-17-23-55(40)70-61(57)58)44-31-49-50(64(6,7)29-28-63(49,4)5)35-52(44)68(60)54-34-48-42(32-51(54)67(59)69)39-19-13-16-22-46(39)66(48,10)11/h12-27,30-35H,28-29H2,1-11H3. The lowest BCUT2D eigenvalue weighted by Gasteiger charge is -2.43. The number of anilines is 2. The number of aromatic nitrogens is 1. The van der Waals surface area contributed by atoms with Gasteiger partial charge < -0.3 is 9.38 Å². The molecule has 0 saturated carbocycles. The van der Waals surface area contributed by atoms with E-state index >= 15 is 0 Å². The lowest BCUT2D eigenvalue weighted by atomic mass is 9.43. The molecule has 0 spiro atoms. The van der Waals surface area contributed by atoms with Gasteiger partial charge in [0.1, 0.15) is 0 Å². The topological polar surface area (TPSA) is 8.17 Å². The van der Waals surface area contributed by atoms with Gasteiger partial charge in [-0.25, -0.2) is 0 Å². The summed E-state index contributed by atoms with van der Waals surface area (Å²) in [6.45, 7) is 26.7. The second-order valence-corrected chi connectivity index (χ2v) is 26.2. The molecule has 10 aromatic rings. The predicted molar refractivity (Wildman–Crippen MR) is 302 cm³/mol. The maximum atomic E-state index is 2.79. The second-order valence-electron chi connectivity index (χ2n) is 25.1. The van der Waals surface area contributed by atoms with Crippen molar-refractivity contribution in [2.24, 2.45) is 0 Å². The SMILES string of the molecule is CC(C)(C)c1ccc(N2B3c4cc5c(cc4-n4c6cc7c(cc6c6c8c(sc9ccccc98)c(c3c64)-c3cc4c(cc32)C(C)(C)c2ccccc2-4)C(C)(C)CCC7(C)C)C(C)(C)c2ccccc2-5)cc1. The van der Waals surface area contributed by atoms with Crippen LogP contribution in [0.4, 0.5) is 11.4 Å². The minimum absolute atomic E-state index is 0.0297. The molecule has 8 aromatic carbocycles. The third kappa shape index (κ3) is 4.97. The second kappa shape index (κ2) is 12.9. The van der Waals surface area contributed by atoms with E-state index in [1.165, 1.54) is 155 Å². The average molecular weight is 923 g/mol. The van der Waals surface area contributed by atoms with Crippen molar-refractivity contribution in [1.82, 2.24) is 4.57 Å². The fourth-order valence-electron chi connectivity index (χ4n) is 14.6. The van der Waals surface area contributed by atoms with E-state index in [1.807, 2.05) is 11.3 Å². The van der Waals surface area contributed by atoms with Gasteiger partial charge in [-0.3, -0.25) is 0 Å². The van der Waals surface area contributed by atoms with Crippen molar-refractivity contribution >= 4 is 82.5 Å². The van der Waals surface area contributed by atoms with Gasteiger partial charge in [-0.1, -0.05) is 161 Å². The van der Waals surface area contributed by atoms with Gasteiger partial charge in [-0.05, 0) is 150 Å². The largest absolute Gasteiger partial charge is 0.376 e. The zero-order chi connectivity index (χ0) is 47.9. The zero-order valence-electron chi connectivity index (χ0n) is 42.5. The number of hydrogen-bond donors (Lipinski definition) is 0. The Kier molecular flexibility index (Phi) is 7.66. The predicted octanol–water partition coefficient (Wildman–Crippen LogP) is 16.6. The molecule has 4 heteroatoms. The molecule has 342 valence electrons. The Labute approximate surface area is 417 Å². The lowest BCUT2D eigenvalue weighted by molar-refractivity contribution is 0.332. The highest BCUT2D eigenvalue weighted by molar-refractivity contribution is 7.27. The normalized spacial score (nSPS) is 17.9. The maximum Gasteiger partial charge on any atom is 0.333 e. The summed E-state index contributed by atoms with van der Waals surface area (Å²) in [5, 5.41) is 5.59. The summed E-state index contributed by atoms with van der Waals surface area (Å²) in [5.74, 6) is 0. The summed E-state index contributed by atoms with van der Waals surface area (Å²) < 4.78 is 5.55. The molecule has 0 fully saturated rings. The van der Waals surface area contributed by atoms with Crippen LogP contribution < -0.4 is 15.7 Å². The first-order valence-corrected chi connectivity index (χ1v) is 26.7. The van der Waals surface area contributed by atoms with Crippen LogP contribution in [0.5, 0.6) is 0 Å². The van der Waals surface area contributed by atoms with Gasteiger partial charge >= 0.3 is 6.85 Å². The van der Waals surface area contributed by atoms with Crippen molar-refractivity contribution < 1.29 is 0 Å². The number of thiophene rings is 1. The molecule has 5 aliphatic rings. The lowest BCUT2D eigenvalue weighted by Crippen LogP contribution is -2.60. The third-order valence-corrected chi connectivity index (χ3v) is 19.8. The summed E-state index contributed by atoms with van der Waals surface area (Å²) >= 11 is 2.01. The Hall–Kier alpha value is -6.36. The van der Waals surface area contributed by atoms with E-state index in [0.717, 1.165) is 0 Å². The smallest absolute Gasteiger partial charge is 0.333 e. The van der Waals surface area contributed by atoms with Gasteiger partial charge in [0.15, 0.2) is 0 Å². The molecule has 3 aliphatic carbocycles. The Bertz CT molecular complexity index is 4050. The molecule has 4 heterocycles. The molecule has 0 bridgehead atoms. The van der Waals surface area contributed by atoms with Crippen molar-refractivity contribution in [3.63, 3.8) is 0 Å². The van der Waals surface area contributed by atoms with Crippen LogP contribution in [0.3, 0.4) is 0 Å². The summed E-state index contributed by atoms with van der Waals surface area (Å²) in [5.41, 5.74) is 27.5. The molecule has 15 rings (SSSR count). The van der Waals surface area contributed by atoms with Crippen molar-refractivity contribution in [2.75, 3.05) is 4.81 Å². The quantitative estimate of drug-likeness (QED) is 0.149. The van der Waals surface area contributed by atoms with E-state index < -0.39 is 0 Å². The number of benzene rings is 8. The fourth-order valence-corrected chi connectivity index (χ4v) is 15.9. The number of fused-ring (bicyclic) bond motifs is 20. The van der Waals surface area contributed by atoms with Gasteiger partial charge in [0.2, 0.25) is 0 Å². The highest BCUT2D eigenvalue weighted by atomic mass is 32.1. The zero-order valence-corrected chi connectivity index (χ0v) is 43.3. The van der Waals surface area contributed by atoms with Crippen LogP contribution >= 0.6 is 11.3 Å². The molecular formula is C66H59BN2S. The number of nitrogens with zero attached hydrogens (tertiary/aromatic N) is 2. The van der Waals surface area contributed by atoms with Crippen molar-refractivity contribution in [3.8, 4) is 39.1 Å². The van der Waals surface area contributed by atoms with Crippen LogP contribution in [0.25, 0.3) is 81.0 Å². The van der Waals surface area contributed by atoms with Gasteiger partial charge in [-0.2, -0.15) is 0 Å². The summed E-state index contributed by atoms with van der Waals surface area (Å²) in [6, 6.07) is 53.3. The van der Waals surface area contributed by atoms with E-state index in [9.17, 15) is 0 Å². The Balaban J connectivity index is 1.19. The van der Waals surface area contributed by atoms with Gasteiger partial charge in [0.25, 0.3) is 0 Å². The molecule has 0 amide bonds. The third-order valence-electron chi connectivity index (χ3n) is 18.6. The number of rotatable bonds is 1. The average Bonchev–Trinajstić information content (AvgIpc) is 4.02. The van der Waals surface area contributed by atoms with E-state index in [2.05, 4.69) is 219 Å². The van der Waals surface area contributed by atoms with E-state index in [4.69, 9.17) is 0 Å². The maximum absolute atomic E-state index is 2.79. The Morgan fingerprint density at radius 2 is 1.10 bits per heavy atom. The Morgan fingerprint density at radius 3 is 1.76 bits per heavy atom. The van der Waals surface area contributed by atoms with Gasteiger partial charge in [-0.15, -0.1) is 11.3 Å². The first-order chi connectivity index (χ1) is 33.4. The molecule has 0 N–H and O–H groups in total. The van der Waals surface area contributed by atoms with Crippen molar-refractivity contribution in [3.05, 3.63) is 172 Å². The molecule has 2 aliphatic heterocycles. The first kappa shape index (κ1) is 41.4. The minimum Gasteiger partial charge on any atom is -0.376 e. The molecule has 70 heavy (non-hydrogen) atoms. The van der Waals surface area contributed by atoms with Crippen LogP contribution in [-0.2, 0) is 27.1 Å². The molecule has 2 nitrogen and oxygen atoms in total. The summed E-state index contributed by atoms with van der Waals surface area (Å²) in [6.07, 6.45) is 2.36. The van der Waals surface area contributed by atoms with Crippen LogP contribution in [0.15, 0.2) is 133 Å². The highest BCUT2D eigenvalue weighted by Gasteiger charge is 2.49. The molecule has 0 unspecified atom stereocenters. The van der Waals surface area contributed by atoms with Gasteiger partial charge in [0.05, 0.1) is 11.0 Å². The highest BCUT2D eigenvalue weighted by Crippen LogP contribution is 2.59. The monoisotopic (exact) mass is 922 g/mol. The van der Waals surface area contributed by atoms with Crippen LogP contribution in [0, 0.1) is 0 Å². The molecule has 0 saturated heterocycles. The Morgan fingerprint density at radius 1 is 0.514 bits per heavy atom. The van der Waals surface area contributed by atoms with Crippen molar-refractivity contribution in [1.29, 1.82) is 0 Å². The fraction of sp³-hybridized carbons (Fsp3) is 0.273. The van der Waals surface area contributed by atoms with Gasteiger partial charge in [0, 0.05) is 70.0 Å². The van der Waals surface area contributed by atoms with E-state index in [0.29, 0.717) is 0 Å². The van der Waals surface area contributed by atoms with Crippen LogP contribution in [-0.4, -0.2) is 11.4 Å². The number of hydrogen-bond acceptors (Lipinski definition) is 2. The summed E-state index contributed by atoms with van der Waals surface area (Å²) in [7, 11) is 0. The molecule has 2 aromatic heterocycles. The van der Waals surface area contributed by atoms with Crippen molar-refractivity contribution in [2.45, 2.75) is 116 Å². The van der Waals surface area contributed by atoms with Crippen LogP contribution in [0.2, 0.25) is 0 Å². The summed E-state index contributed by atoms with van der Waals surface area (Å²) in [4.78, 5) is 2.79. The first-order valence-electron chi connectivity index (χ1n) is 25.8. The van der Waals surface area contributed by atoms with E-state index in [1.54, 1.807) is 0 Å². The molecule has 0 atom stereocenters. The minimum atomic E-state index is -0.159.